The fraction of sp³-hybridized carbons (Fsp3) is 0.167. The number of amides is 1. The molecule has 5 nitrogen and oxygen atoms in total. The van der Waals surface area contributed by atoms with Crippen molar-refractivity contribution >= 4 is 45.7 Å². The van der Waals surface area contributed by atoms with Crippen LogP contribution < -0.4 is 10.1 Å². The van der Waals surface area contributed by atoms with E-state index in [1.165, 1.54) is 35.2 Å². The summed E-state index contributed by atoms with van der Waals surface area (Å²) in [6.45, 7) is 1.64. The molecule has 0 spiro atoms. The number of anilines is 1. The Morgan fingerprint density at radius 1 is 1.30 bits per heavy atom. The lowest BCUT2D eigenvalue weighted by Crippen LogP contribution is -2.30. The Kier molecular flexibility index (Phi) is 6.65. The first-order valence-electron chi connectivity index (χ1n) is 7.93. The molecule has 0 aliphatic heterocycles. The second-order valence-corrected chi connectivity index (χ2v) is 8.13. The third-order valence-corrected chi connectivity index (χ3v) is 5.67. The van der Waals surface area contributed by atoms with E-state index in [0.717, 1.165) is 5.56 Å². The zero-order valence-electron chi connectivity index (χ0n) is 14.2. The summed E-state index contributed by atoms with van der Waals surface area (Å²) in [7, 11) is 0. The fourth-order valence-electron chi connectivity index (χ4n) is 2.05. The molecule has 0 bridgehead atoms. The Bertz CT molecular complexity index is 921. The average molecular weight is 424 g/mol. The van der Waals surface area contributed by atoms with E-state index in [2.05, 4.69) is 15.5 Å². The third-order valence-electron chi connectivity index (χ3n) is 3.39. The van der Waals surface area contributed by atoms with Crippen LogP contribution in [0.3, 0.4) is 0 Å². The number of hydrogen-bond acceptors (Lipinski definition) is 6. The molecule has 1 unspecified atom stereocenters. The average Bonchev–Trinajstić information content (AvgIpc) is 3.08. The Morgan fingerprint density at radius 2 is 2.07 bits per heavy atom. The molecule has 0 saturated heterocycles. The minimum atomic E-state index is -0.720. The van der Waals surface area contributed by atoms with Crippen molar-refractivity contribution in [2.75, 3.05) is 5.32 Å². The maximum atomic E-state index is 12.9. The topological polar surface area (TPSA) is 64.1 Å². The molecule has 0 fully saturated rings. The van der Waals surface area contributed by atoms with Gasteiger partial charge in [-0.25, -0.2) is 4.39 Å². The van der Waals surface area contributed by atoms with Gasteiger partial charge in [0.25, 0.3) is 5.91 Å². The van der Waals surface area contributed by atoms with E-state index >= 15 is 0 Å². The van der Waals surface area contributed by atoms with E-state index in [9.17, 15) is 9.18 Å². The predicted molar refractivity (Wildman–Crippen MR) is 106 cm³/mol. The van der Waals surface area contributed by atoms with Crippen LogP contribution in [0, 0.1) is 5.82 Å². The van der Waals surface area contributed by atoms with E-state index in [4.69, 9.17) is 16.3 Å². The molecule has 0 aliphatic carbocycles. The molecule has 0 radical (unpaired) electrons. The lowest BCUT2D eigenvalue weighted by Gasteiger charge is -2.13. The van der Waals surface area contributed by atoms with Crippen molar-refractivity contribution in [2.24, 2.45) is 0 Å². The molecule has 9 heteroatoms. The molecule has 2 aromatic carbocycles. The van der Waals surface area contributed by atoms with Gasteiger partial charge in [0.1, 0.15) is 11.6 Å². The van der Waals surface area contributed by atoms with Crippen molar-refractivity contribution in [2.45, 2.75) is 23.1 Å². The summed E-state index contributed by atoms with van der Waals surface area (Å²) in [5.41, 5.74) is 0.978. The van der Waals surface area contributed by atoms with E-state index in [1.54, 1.807) is 43.3 Å². The van der Waals surface area contributed by atoms with E-state index in [0.29, 0.717) is 26.0 Å². The molecule has 1 aromatic heterocycles. The minimum absolute atomic E-state index is 0.265. The molecule has 1 N–H and O–H groups in total. The van der Waals surface area contributed by atoms with Crippen molar-refractivity contribution in [3.63, 3.8) is 0 Å². The smallest absolute Gasteiger partial charge is 0.266 e. The largest absolute Gasteiger partial charge is 0.481 e. The van der Waals surface area contributed by atoms with Crippen LogP contribution in [0.15, 0.2) is 52.9 Å². The highest BCUT2D eigenvalue weighted by atomic mass is 35.5. The standard InChI is InChI=1S/C18H15ClFN3O2S2/c1-11(25-15-4-2-3-13(19)9-15)16(24)21-17-22-23-18(27-17)26-10-12-5-7-14(20)8-6-12/h2-9,11H,10H2,1H3,(H,21,22,24). The first-order chi connectivity index (χ1) is 13.0. The highest BCUT2D eigenvalue weighted by Gasteiger charge is 2.17. The predicted octanol–water partition coefficient (Wildman–Crippen LogP) is 5.03. The molecule has 1 heterocycles. The van der Waals surface area contributed by atoms with Crippen molar-refractivity contribution in [3.05, 3.63) is 64.9 Å². The Balaban J connectivity index is 1.51. The van der Waals surface area contributed by atoms with Gasteiger partial charge in [0.2, 0.25) is 5.13 Å². The zero-order chi connectivity index (χ0) is 19.2. The van der Waals surface area contributed by atoms with Crippen molar-refractivity contribution < 1.29 is 13.9 Å². The molecule has 3 rings (SSSR count). The second-order valence-electron chi connectivity index (χ2n) is 5.49. The Hall–Kier alpha value is -2.16. The number of halogens is 2. The van der Waals surface area contributed by atoms with Crippen LogP contribution >= 0.6 is 34.7 Å². The quantitative estimate of drug-likeness (QED) is 0.426. The molecule has 0 saturated carbocycles. The van der Waals surface area contributed by atoms with Gasteiger partial charge < -0.3 is 4.74 Å². The summed E-state index contributed by atoms with van der Waals surface area (Å²) < 4.78 is 19.2. The molecule has 140 valence electrons. The summed E-state index contributed by atoms with van der Waals surface area (Å²) in [5, 5.41) is 11.6. The molecule has 3 aromatic rings. The van der Waals surface area contributed by atoms with Gasteiger partial charge in [0, 0.05) is 10.8 Å². The van der Waals surface area contributed by atoms with Crippen LogP contribution in [-0.4, -0.2) is 22.2 Å². The monoisotopic (exact) mass is 423 g/mol. The van der Waals surface area contributed by atoms with Crippen molar-refractivity contribution in [1.82, 2.24) is 10.2 Å². The second kappa shape index (κ2) is 9.16. The van der Waals surface area contributed by atoms with Crippen LogP contribution in [0.5, 0.6) is 5.75 Å². The summed E-state index contributed by atoms with van der Waals surface area (Å²) in [5.74, 6) is 0.551. The van der Waals surface area contributed by atoms with Crippen molar-refractivity contribution in [3.8, 4) is 5.75 Å². The number of hydrogen-bond donors (Lipinski definition) is 1. The Morgan fingerprint density at radius 3 is 2.81 bits per heavy atom. The number of carbonyl (C=O) groups excluding carboxylic acids is 1. The van der Waals surface area contributed by atoms with Gasteiger partial charge in [-0.1, -0.05) is 52.9 Å². The van der Waals surface area contributed by atoms with Crippen LogP contribution in [0.1, 0.15) is 12.5 Å². The summed E-state index contributed by atoms with van der Waals surface area (Å²) >= 11 is 8.64. The lowest BCUT2D eigenvalue weighted by molar-refractivity contribution is -0.122. The van der Waals surface area contributed by atoms with Gasteiger partial charge in [0.15, 0.2) is 10.4 Å². The summed E-state index contributed by atoms with van der Waals surface area (Å²) in [6.07, 6.45) is -0.720. The highest BCUT2D eigenvalue weighted by Crippen LogP contribution is 2.28. The van der Waals surface area contributed by atoms with Crippen LogP contribution in [0.25, 0.3) is 0 Å². The number of aromatic nitrogens is 2. The molecule has 1 atom stereocenters. The molecule has 27 heavy (non-hydrogen) atoms. The number of nitrogens with one attached hydrogen (secondary N) is 1. The maximum Gasteiger partial charge on any atom is 0.266 e. The van der Waals surface area contributed by atoms with Gasteiger partial charge in [-0.3, -0.25) is 10.1 Å². The summed E-state index contributed by atoms with van der Waals surface area (Å²) in [6, 6.07) is 13.1. The number of nitrogens with zero attached hydrogens (tertiary/aromatic N) is 2. The maximum absolute atomic E-state index is 12.9. The highest BCUT2D eigenvalue weighted by molar-refractivity contribution is 8.00. The van der Waals surface area contributed by atoms with Crippen LogP contribution in [-0.2, 0) is 10.5 Å². The van der Waals surface area contributed by atoms with E-state index < -0.39 is 6.10 Å². The zero-order valence-corrected chi connectivity index (χ0v) is 16.6. The van der Waals surface area contributed by atoms with Gasteiger partial charge in [-0.2, -0.15) is 0 Å². The normalized spacial score (nSPS) is 11.8. The van der Waals surface area contributed by atoms with E-state index in [1.807, 2.05) is 0 Å². The number of carbonyl (C=O) groups is 1. The number of benzene rings is 2. The van der Waals surface area contributed by atoms with Gasteiger partial charge >= 0.3 is 0 Å². The van der Waals surface area contributed by atoms with Gasteiger partial charge in [-0.15, -0.1) is 10.2 Å². The molecule has 0 aliphatic rings. The molecule has 1 amide bonds. The number of ether oxygens (including phenoxy) is 1. The minimum Gasteiger partial charge on any atom is -0.481 e. The van der Waals surface area contributed by atoms with Gasteiger partial charge in [-0.05, 0) is 42.8 Å². The molecular formula is C18H15ClFN3O2S2. The summed E-state index contributed by atoms with van der Waals surface area (Å²) in [4.78, 5) is 12.2. The first-order valence-corrected chi connectivity index (χ1v) is 10.1. The number of rotatable bonds is 7. The van der Waals surface area contributed by atoms with Crippen molar-refractivity contribution in [1.29, 1.82) is 0 Å². The Labute approximate surface area is 168 Å². The first kappa shape index (κ1) is 19.6. The SMILES string of the molecule is CC(Oc1cccc(Cl)c1)C(=O)Nc1nnc(SCc2ccc(F)cc2)s1. The lowest BCUT2D eigenvalue weighted by atomic mass is 10.2. The number of thioether (sulfide) groups is 1. The fourth-order valence-corrected chi connectivity index (χ4v) is 3.94. The van der Waals surface area contributed by atoms with E-state index in [-0.39, 0.29) is 11.7 Å². The van der Waals surface area contributed by atoms with Gasteiger partial charge in [0.05, 0.1) is 0 Å². The third kappa shape index (κ3) is 5.92. The van der Waals surface area contributed by atoms with Crippen LogP contribution in [0.4, 0.5) is 9.52 Å². The molecular weight excluding hydrogens is 409 g/mol. The van der Waals surface area contributed by atoms with Crippen LogP contribution in [0.2, 0.25) is 5.02 Å².